The summed E-state index contributed by atoms with van der Waals surface area (Å²) in [5.41, 5.74) is 7.59. The smallest absolute Gasteiger partial charge is 0.123 e. The van der Waals surface area contributed by atoms with Crippen molar-refractivity contribution in [3.63, 3.8) is 0 Å². The average molecular weight is 327 g/mol. The quantitative estimate of drug-likeness (QED) is 0.925. The first-order valence-corrected chi connectivity index (χ1v) is 7.68. The van der Waals surface area contributed by atoms with Gasteiger partial charge in [-0.05, 0) is 51.4 Å². The summed E-state index contributed by atoms with van der Waals surface area (Å²) in [7, 11) is 1.72. The number of ether oxygens (including phenoxy) is 1. The molecule has 2 N–H and O–H groups in total. The number of methoxy groups -OCH3 is 1. The van der Waals surface area contributed by atoms with Gasteiger partial charge in [-0.2, -0.15) is 0 Å². The number of piperidine rings is 1. The Balaban J connectivity index is 2.43. The van der Waals surface area contributed by atoms with Gasteiger partial charge in [-0.1, -0.05) is 15.9 Å². The number of benzene rings is 1. The van der Waals surface area contributed by atoms with Crippen molar-refractivity contribution >= 4 is 15.9 Å². The molecule has 1 aliphatic rings. The second kappa shape index (κ2) is 6.25. The van der Waals surface area contributed by atoms with E-state index in [2.05, 4.69) is 40.7 Å². The molecule has 1 heterocycles. The molecule has 0 amide bonds. The standard InChI is InChI=1S/C15H23BrN2O/c1-10(2)18-8-4-5-13(17)15(18)12-9-11(16)6-7-14(12)19-3/h6-7,9-10,13,15H,4-5,8,17H2,1-3H3. The van der Waals surface area contributed by atoms with Crippen LogP contribution in [0.25, 0.3) is 0 Å². The zero-order valence-corrected chi connectivity index (χ0v) is 13.5. The molecular weight excluding hydrogens is 304 g/mol. The van der Waals surface area contributed by atoms with Gasteiger partial charge < -0.3 is 10.5 Å². The lowest BCUT2D eigenvalue weighted by Crippen LogP contribution is -2.48. The Bertz CT molecular complexity index is 436. The first-order chi connectivity index (χ1) is 9.04. The maximum atomic E-state index is 6.40. The fraction of sp³-hybridized carbons (Fsp3) is 0.600. The third kappa shape index (κ3) is 3.12. The third-order valence-corrected chi connectivity index (χ3v) is 4.38. The molecule has 2 atom stereocenters. The maximum absolute atomic E-state index is 6.40. The van der Waals surface area contributed by atoms with Crippen LogP contribution in [-0.4, -0.2) is 30.6 Å². The van der Waals surface area contributed by atoms with Crippen LogP contribution in [0, 0.1) is 0 Å². The van der Waals surface area contributed by atoms with Crippen molar-refractivity contribution in [1.82, 2.24) is 4.90 Å². The van der Waals surface area contributed by atoms with Gasteiger partial charge in [0.05, 0.1) is 13.2 Å². The van der Waals surface area contributed by atoms with Crippen molar-refractivity contribution in [2.24, 2.45) is 5.73 Å². The molecule has 0 saturated carbocycles. The summed E-state index contributed by atoms with van der Waals surface area (Å²) in [6, 6.07) is 7.06. The molecule has 19 heavy (non-hydrogen) atoms. The van der Waals surface area contributed by atoms with E-state index >= 15 is 0 Å². The Morgan fingerprint density at radius 3 is 2.79 bits per heavy atom. The van der Waals surface area contributed by atoms with E-state index in [9.17, 15) is 0 Å². The second-order valence-electron chi connectivity index (χ2n) is 5.47. The van der Waals surface area contributed by atoms with Crippen molar-refractivity contribution in [3.8, 4) is 5.75 Å². The summed E-state index contributed by atoms with van der Waals surface area (Å²) in [6.45, 7) is 5.57. The Morgan fingerprint density at radius 2 is 2.16 bits per heavy atom. The Hall–Kier alpha value is -0.580. The highest BCUT2D eigenvalue weighted by molar-refractivity contribution is 9.10. The summed E-state index contributed by atoms with van der Waals surface area (Å²) in [5.74, 6) is 0.927. The molecule has 0 spiro atoms. The lowest BCUT2D eigenvalue weighted by atomic mass is 9.89. The first kappa shape index (κ1) is 14.8. The van der Waals surface area contributed by atoms with Crippen LogP contribution in [0.2, 0.25) is 0 Å². The Morgan fingerprint density at radius 1 is 1.42 bits per heavy atom. The number of rotatable bonds is 3. The van der Waals surface area contributed by atoms with Crippen LogP contribution in [0.1, 0.15) is 38.3 Å². The van der Waals surface area contributed by atoms with E-state index in [-0.39, 0.29) is 12.1 Å². The lowest BCUT2D eigenvalue weighted by molar-refractivity contribution is 0.0928. The number of likely N-dealkylation sites (tertiary alicyclic amines) is 1. The minimum Gasteiger partial charge on any atom is -0.496 e. The monoisotopic (exact) mass is 326 g/mol. The van der Waals surface area contributed by atoms with Crippen molar-refractivity contribution in [1.29, 1.82) is 0 Å². The molecule has 2 rings (SSSR count). The Kier molecular flexibility index (Phi) is 4.87. The van der Waals surface area contributed by atoms with Crippen molar-refractivity contribution in [2.75, 3.05) is 13.7 Å². The SMILES string of the molecule is COc1ccc(Br)cc1C1C(N)CCCN1C(C)C. The summed E-state index contributed by atoms with van der Waals surface area (Å²) in [5, 5.41) is 0. The van der Waals surface area contributed by atoms with Gasteiger partial charge >= 0.3 is 0 Å². The fourth-order valence-electron chi connectivity index (χ4n) is 2.98. The van der Waals surface area contributed by atoms with Crippen LogP contribution < -0.4 is 10.5 Å². The predicted octanol–water partition coefficient (Wildman–Crippen LogP) is 3.33. The third-order valence-electron chi connectivity index (χ3n) is 3.89. The van der Waals surface area contributed by atoms with Crippen LogP contribution in [0.3, 0.4) is 0 Å². The highest BCUT2D eigenvalue weighted by Crippen LogP contribution is 2.37. The van der Waals surface area contributed by atoms with E-state index in [1.807, 2.05) is 12.1 Å². The predicted molar refractivity (Wildman–Crippen MR) is 82.5 cm³/mol. The zero-order chi connectivity index (χ0) is 14.0. The summed E-state index contributed by atoms with van der Waals surface area (Å²) in [4.78, 5) is 2.48. The van der Waals surface area contributed by atoms with E-state index in [1.54, 1.807) is 7.11 Å². The van der Waals surface area contributed by atoms with Crippen LogP contribution in [0.5, 0.6) is 5.75 Å². The van der Waals surface area contributed by atoms with E-state index < -0.39 is 0 Å². The molecule has 1 saturated heterocycles. The molecule has 0 radical (unpaired) electrons. The van der Waals surface area contributed by atoms with Gasteiger partial charge in [-0.15, -0.1) is 0 Å². The molecule has 0 aliphatic carbocycles. The molecule has 0 bridgehead atoms. The Labute approximate surface area is 124 Å². The molecule has 2 unspecified atom stereocenters. The number of halogens is 1. The van der Waals surface area contributed by atoms with Crippen molar-refractivity contribution in [2.45, 2.75) is 44.8 Å². The topological polar surface area (TPSA) is 38.5 Å². The molecule has 1 aliphatic heterocycles. The number of nitrogens with two attached hydrogens (primary N) is 1. The highest BCUT2D eigenvalue weighted by atomic mass is 79.9. The summed E-state index contributed by atoms with van der Waals surface area (Å²) < 4.78 is 6.60. The van der Waals surface area contributed by atoms with Gasteiger partial charge in [0.15, 0.2) is 0 Å². The number of hydrogen-bond donors (Lipinski definition) is 1. The van der Waals surface area contributed by atoms with E-state index in [0.717, 1.165) is 23.2 Å². The van der Waals surface area contributed by atoms with E-state index in [1.165, 1.54) is 12.0 Å². The van der Waals surface area contributed by atoms with Gasteiger partial charge in [0.25, 0.3) is 0 Å². The molecule has 3 nitrogen and oxygen atoms in total. The molecule has 1 aromatic carbocycles. The van der Waals surface area contributed by atoms with E-state index in [0.29, 0.717) is 6.04 Å². The summed E-state index contributed by atoms with van der Waals surface area (Å²) in [6.07, 6.45) is 2.25. The van der Waals surface area contributed by atoms with Crippen LogP contribution in [0.15, 0.2) is 22.7 Å². The van der Waals surface area contributed by atoms with Crippen LogP contribution in [-0.2, 0) is 0 Å². The highest BCUT2D eigenvalue weighted by Gasteiger charge is 2.33. The molecular formula is C15H23BrN2O. The minimum absolute atomic E-state index is 0.166. The van der Waals surface area contributed by atoms with Crippen LogP contribution in [0.4, 0.5) is 0 Å². The average Bonchev–Trinajstić information content (AvgIpc) is 2.38. The van der Waals surface area contributed by atoms with Gasteiger partial charge in [-0.3, -0.25) is 4.90 Å². The zero-order valence-electron chi connectivity index (χ0n) is 11.9. The molecule has 4 heteroatoms. The van der Waals surface area contributed by atoms with Crippen LogP contribution >= 0.6 is 15.9 Å². The molecule has 1 fully saturated rings. The van der Waals surface area contributed by atoms with E-state index in [4.69, 9.17) is 10.5 Å². The van der Waals surface area contributed by atoms with Gasteiger partial charge in [0.1, 0.15) is 5.75 Å². The normalized spacial score (nSPS) is 24.7. The maximum Gasteiger partial charge on any atom is 0.123 e. The van der Waals surface area contributed by atoms with Gasteiger partial charge in [-0.25, -0.2) is 0 Å². The lowest BCUT2D eigenvalue weighted by Gasteiger charge is -2.43. The van der Waals surface area contributed by atoms with Gasteiger partial charge in [0.2, 0.25) is 0 Å². The fourth-order valence-corrected chi connectivity index (χ4v) is 3.36. The molecule has 106 valence electrons. The number of hydrogen-bond acceptors (Lipinski definition) is 3. The second-order valence-corrected chi connectivity index (χ2v) is 6.38. The first-order valence-electron chi connectivity index (χ1n) is 6.89. The number of nitrogens with zero attached hydrogens (tertiary/aromatic N) is 1. The summed E-state index contributed by atoms with van der Waals surface area (Å²) >= 11 is 3.55. The molecule has 0 aromatic heterocycles. The molecule has 1 aromatic rings. The van der Waals surface area contributed by atoms with Crippen molar-refractivity contribution in [3.05, 3.63) is 28.2 Å². The minimum atomic E-state index is 0.166. The van der Waals surface area contributed by atoms with Crippen molar-refractivity contribution < 1.29 is 4.74 Å². The van der Waals surface area contributed by atoms with Gasteiger partial charge in [0, 0.05) is 22.1 Å². The largest absolute Gasteiger partial charge is 0.496 e.